The quantitative estimate of drug-likeness (QED) is 0.512. The van der Waals surface area contributed by atoms with Crippen LogP contribution in [-0.2, 0) is 4.74 Å². The van der Waals surface area contributed by atoms with Crippen molar-refractivity contribution in [1.82, 2.24) is 9.97 Å². The number of hydrogen-bond acceptors (Lipinski definition) is 5. The number of aromatic nitrogens is 2. The molecule has 0 aliphatic heterocycles. The average Bonchev–Trinajstić information content (AvgIpc) is 2.08. The van der Waals surface area contributed by atoms with Crippen molar-refractivity contribution in [1.29, 1.82) is 0 Å². The maximum absolute atomic E-state index is 10.9. The Balaban J connectivity index is 3.13. The first-order chi connectivity index (χ1) is 5.65. The molecule has 12 heavy (non-hydrogen) atoms. The van der Waals surface area contributed by atoms with Crippen LogP contribution in [0, 0.1) is 0 Å². The number of methoxy groups -OCH3 is 1. The van der Waals surface area contributed by atoms with Gasteiger partial charge in [0.15, 0.2) is 5.69 Å². The molecule has 0 unspecified atom stereocenters. The molecular weight excluding hydrogens is 182 g/mol. The number of esters is 1. The fourth-order valence-electron chi connectivity index (χ4n) is 0.630. The Bertz CT molecular complexity index is 316. The van der Waals surface area contributed by atoms with Gasteiger partial charge in [0.25, 0.3) is 0 Å². The van der Waals surface area contributed by atoms with Crippen LogP contribution < -0.4 is 5.73 Å². The lowest BCUT2D eigenvalue weighted by molar-refractivity contribution is 0.0595. The van der Waals surface area contributed by atoms with Gasteiger partial charge in [0.1, 0.15) is 0 Å². The lowest BCUT2D eigenvalue weighted by atomic mass is 10.3. The normalized spacial score (nSPS) is 9.50. The number of nitrogens with two attached hydrogens (primary N) is 1. The van der Waals surface area contributed by atoms with Crippen LogP contribution in [0.5, 0.6) is 0 Å². The second-order valence-electron chi connectivity index (χ2n) is 1.93. The number of anilines is 1. The van der Waals surface area contributed by atoms with Gasteiger partial charge in [-0.3, -0.25) is 0 Å². The zero-order valence-corrected chi connectivity index (χ0v) is 7.00. The third-order valence-electron chi connectivity index (χ3n) is 1.17. The summed E-state index contributed by atoms with van der Waals surface area (Å²) >= 11 is 5.43. The lowest BCUT2D eigenvalue weighted by Gasteiger charge is -2.00. The summed E-state index contributed by atoms with van der Waals surface area (Å²) in [5, 5.41) is -0.0374. The van der Waals surface area contributed by atoms with E-state index in [0.29, 0.717) is 0 Å². The maximum Gasteiger partial charge on any atom is 0.358 e. The van der Waals surface area contributed by atoms with Gasteiger partial charge in [0.2, 0.25) is 5.28 Å². The van der Waals surface area contributed by atoms with Crippen LogP contribution in [0.15, 0.2) is 6.20 Å². The van der Waals surface area contributed by atoms with Crippen LogP contribution in [0.4, 0.5) is 5.69 Å². The van der Waals surface area contributed by atoms with Gasteiger partial charge in [-0.05, 0) is 11.6 Å². The summed E-state index contributed by atoms with van der Waals surface area (Å²) in [7, 11) is 1.23. The van der Waals surface area contributed by atoms with E-state index in [4.69, 9.17) is 17.3 Å². The molecule has 1 rings (SSSR count). The fourth-order valence-corrected chi connectivity index (χ4v) is 0.763. The highest BCUT2D eigenvalue weighted by Gasteiger charge is 2.12. The molecule has 2 N–H and O–H groups in total. The molecule has 0 fully saturated rings. The number of hydrogen-bond donors (Lipinski definition) is 1. The number of nitrogen functional groups attached to an aromatic ring is 1. The molecule has 0 radical (unpaired) electrons. The molecule has 0 amide bonds. The molecule has 5 nitrogen and oxygen atoms in total. The van der Waals surface area contributed by atoms with E-state index in [1.165, 1.54) is 13.3 Å². The molecule has 0 saturated carbocycles. The SMILES string of the molecule is COC(=O)c1nc(Cl)ncc1N. The lowest BCUT2D eigenvalue weighted by Crippen LogP contribution is -2.09. The number of halogens is 1. The van der Waals surface area contributed by atoms with Gasteiger partial charge in [-0.25, -0.2) is 14.8 Å². The van der Waals surface area contributed by atoms with Crippen molar-refractivity contribution in [3.8, 4) is 0 Å². The van der Waals surface area contributed by atoms with Crippen molar-refractivity contribution >= 4 is 23.3 Å². The van der Waals surface area contributed by atoms with E-state index in [1.54, 1.807) is 0 Å². The summed E-state index contributed by atoms with van der Waals surface area (Å²) in [6.07, 6.45) is 1.25. The second kappa shape index (κ2) is 3.36. The standard InChI is InChI=1S/C6H6ClN3O2/c1-12-5(11)4-3(8)2-9-6(7)10-4/h2H,8H2,1H3. The van der Waals surface area contributed by atoms with E-state index < -0.39 is 5.97 Å². The minimum atomic E-state index is -0.628. The summed E-state index contributed by atoms with van der Waals surface area (Å²) in [6, 6.07) is 0. The first kappa shape index (κ1) is 8.73. The molecule has 0 aliphatic rings. The monoisotopic (exact) mass is 187 g/mol. The Kier molecular flexibility index (Phi) is 2.44. The van der Waals surface area contributed by atoms with Crippen LogP contribution in [0.3, 0.4) is 0 Å². The van der Waals surface area contributed by atoms with Crippen LogP contribution >= 0.6 is 11.6 Å². The Morgan fingerprint density at radius 1 is 1.75 bits per heavy atom. The number of nitrogens with zero attached hydrogens (tertiary/aromatic N) is 2. The first-order valence-electron chi connectivity index (χ1n) is 3.01. The summed E-state index contributed by atoms with van der Waals surface area (Å²) in [5.41, 5.74) is 5.51. The smallest absolute Gasteiger partial charge is 0.358 e. The molecular formula is C6H6ClN3O2. The number of rotatable bonds is 1. The molecule has 64 valence electrons. The fraction of sp³-hybridized carbons (Fsp3) is 0.167. The Morgan fingerprint density at radius 3 is 3.00 bits per heavy atom. The van der Waals surface area contributed by atoms with E-state index in [0.717, 1.165) is 0 Å². The van der Waals surface area contributed by atoms with E-state index >= 15 is 0 Å². The van der Waals surface area contributed by atoms with Crippen molar-refractivity contribution in [2.45, 2.75) is 0 Å². The van der Waals surface area contributed by atoms with E-state index in [9.17, 15) is 4.79 Å². The van der Waals surface area contributed by atoms with Gasteiger partial charge < -0.3 is 10.5 Å². The molecule has 0 aromatic carbocycles. The highest BCUT2D eigenvalue weighted by molar-refractivity contribution is 6.28. The van der Waals surface area contributed by atoms with Crippen molar-refractivity contribution < 1.29 is 9.53 Å². The molecule has 6 heteroatoms. The van der Waals surface area contributed by atoms with E-state index in [2.05, 4.69) is 14.7 Å². The highest BCUT2D eigenvalue weighted by Crippen LogP contribution is 2.10. The summed E-state index contributed by atoms with van der Waals surface area (Å²) in [5.74, 6) is -0.628. The topological polar surface area (TPSA) is 78.1 Å². The number of ether oxygens (including phenoxy) is 1. The first-order valence-corrected chi connectivity index (χ1v) is 3.39. The minimum absolute atomic E-state index is 0.0162. The molecule has 0 saturated heterocycles. The zero-order chi connectivity index (χ0) is 9.14. The van der Waals surface area contributed by atoms with Crippen LogP contribution in [0.25, 0.3) is 0 Å². The molecule has 0 spiro atoms. The van der Waals surface area contributed by atoms with Crippen molar-refractivity contribution in [3.05, 3.63) is 17.2 Å². The second-order valence-corrected chi connectivity index (χ2v) is 2.27. The van der Waals surface area contributed by atoms with Crippen molar-refractivity contribution in [2.24, 2.45) is 0 Å². The van der Waals surface area contributed by atoms with Gasteiger partial charge in [-0.15, -0.1) is 0 Å². The minimum Gasteiger partial charge on any atom is -0.464 e. The predicted octanol–water partition coefficient (Wildman–Crippen LogP) is 0.499. The Hall–Kier alpha value is -1.36. The van der Waals surface area contributed by atoms with Crippen LogP contribution in [0.1, 0.15) is 10.5 Å². The van der Waals surface area contributed by atoms with Gasteiger partial charge >= 0.3 is 5.97 Å². The third kappa shape index (κ3) is 1.62. The summed E-state index contributed by atoms with van der Waals surface area (Å²) < 4.78 is 4.40. The third-order valence-corrected chi connectivity index (χ3v) is 1.35. The van der Waals surface area contributed by atoms with Gasteiger partial charge in [-0.1, -0.05) is 0 Å². The number of carbonyl (C=O) groups excluding carboxylic acids is 1. The average molecular weight is 188 g/mol. The van der Waals surface area contributed by atoms with Crippen LogP contribution in [-0.4, -0.2) is 23.0 Å². The van der Waals surface area contributed by atoms with Gasteiger partial charge in [0, 0.05) is 0 Å². The molecule has 1 heterocycles. The largest absolute Gasteiger partial charge is 0.464 e. The van der Waals surface area contributed by atoms with Crippen LogP contribution in [0.2, 0.25) is 5.28 Å². The molecule has 0 aliphatic carbocycles. The van der Waals surface area contributed by atoms with E-state index in [-0.39, 0.29) is 16.7 Å². The Morgan fingerprint density at radius 2 is 2.42 bits per heavy atom. The van der Waals surface area contributed by atoms with Crippen molar-refractivity contribution in [2.75, 3.05) is 12.8 Å². The molecule has 0 atom stereocenters. The number of carbonyl (C=O) groups is 1. The summed E-state index contributed by atoms with van der Waals surface area (Å²) in [6.45, 7) is 0. The molecule has 0 bridgehead atoms. The predicted molar refractivity (Wildman–Crippen MR) is 42.8 cm³/mol. The zero-order valence-electron chi connectivity index (χ0n) is 6.24. The van der Waals surface area contributed by atoms with Gasteiger partial charge in [-0.2, -0.15) is 0 Å². The molecule has 1 aromatic heterocycles. The van der Waals surface area contributed by atoms with Crippen molar-refractivity contribution in [3.63, 3.8) is 0 Å². The maximum atomic E-state index is 10.9. The summed E-state index contributed by atoms with van der Waals surface area (Å²) in [4.78, 5) is 18.1. The molecule has 1 aromatic rings. The Labute approximate surface area is 73.5 Å². The van der Waals surface area contributed by atoms with E-state index in [1.807, 2.05) is 0 Å². The van der Waals surface area contributed by atoms with Gasteiger partial charge in [0.05, 0.1) is 19.0 Å². The highest BCUT2D eigenvalue weighted by atomic mass is 35.5.